The number of nitrogens with one attached hydrogen (secondary N) is 2. The fourth-order valence-electron chi connectivity index (χ4n) is 2.83. The maximum Gasteiger partial charge on any atom is 0.231 e. The SMILES string of the molecule is CN1C(=N)N[C@](C)(Cc2cccc(-c3cccs3)c2)CC1=O. The van der Waals surface area contributed by atoms with Crippen LogP contribution in [0.2, 0.25) is 0 Å². The molecule has 0 spiro atoms. The van der Waals surface area contributed by atoms with Crippen molar-refractivity contribution < 1.29 is 4.79 Å². The van der Waals surface area contributed by atoms with Crippen LogP contribution in [0.25, 0.3) is 10.4 Å². The number of amides is 1. The average Bonchev–Trinajstić information content (AvgIpc) is 2.99. The molecule has 0 bridgehead atoms. The van der Waals surface area contributed by atoms with E-state index in [1.54, 1.807) is 18.4 Å². The van der Waals surface area contributed by atoms with Crippen molar-refractivity contribution in [3.8, 4) is 10.4 Å². The summed E-state index contributed by atoms with van der Waals surface area (Å²) in [4.78, 5) is 14.6. The second kappa shape index (κ2) is 5.57. The predicted octanol–water partition coefficient (Wildman–Crippen LogP) is 3.10. The summed E-state index contributed by atoms with van der Waals surface area (Å²) in [5.41, 5.74) is 1.96. The molecule has 1 aliphatic rings. The fraction of sp³-hybridized carbons (Fsp3) is 0.294. The number of rotatable bonds is 3. The minimum absolute atomic E-state index is 0.0133. The Kier molecular flexibility index (Phi) is 3.74. The van der Waals surface area contributed by atoms with E-state index in [1.807, 2.05) is 13.0 Å². The summed E-state index contributed by atoms with van der Waals surface area (Å²) in [7, 11) is 1.63. The third kappa shape index (κ3) is 2.90. The van der Waals surface area contributed by atoms with Gasteiger partial charge in [-0.2, -0.15) is 0 Å². The van der Waals surface area contributed by atoms with Crippen LogP contribution in [0.15, 0.2) is 41.8 Å². The number of benzene rings is 1. The van der Waals surface area contributed by atoms with Crippen LogP contribution in [0.1, 0.15) is 18.9 Å². The molecule has 5 heteroatoms. The van der Waals surface area contributed by atoms with Gasteiger partial charge in [0.15, 0.2) is 5.96 Å². The molecule has 114 valence electrons. The minimum atomic E-state index is -0.408. The highest BCUT2D eigenvalue weighted by molar-refractivity contribution is 7.13. The number of hydrogen-bond acceptors (Lipinski definition) is 3. The van der Waals surface area contributed by atoms with E-state index in [-0.39, 0.29) is 11.9 Å². The quantitative estimate of drug-likeness (QED) is 0.915. The van der Waals surface area contributed by atoms with Crippen molar-refractivity contribution in [1.29, 1.82) is 5.41 Å². The molecule has 1 aliphatic heterocycles. The molecule has 0 aliphatic carbocycles. The van der Waals surface area contributed by atoms with E-state index < -0.39 is 5.54 Å². The number of thiophene rings is 1. The molecule has 0 radical (unpaired) electrons. The van der Waals surface area contributed by atoms with Gasteiger partial charge in [0.1, 0.15) is 0 Å². The molecule has 2 aromatic rings. The molecule has 1 amide bonds. The molecule has 3 rings (SSSR count). The maximum absolute atomic E-state index is 12.0. The molecule has 0 saturated carbocycles. The number of hydrogen-bond donors (Lipinski definition) is 2. The van der Waals surface area contributed by atoms with Gasteiger partial charge in [-0.25, -0.2) is 0 Å². The molecule has 2 heterocycles. The molecule has 22 heavy (non-hydrogen) atoms. The van der Waals surface area contributed by atoms with Crippen LogP contribution in [0, 0.1) is 5.41 Å². The third-order valence-corrected chi connectivity index (χ3v) is 4.92. The largest absolute Gasteiger partial charge is 0.350 e. The van der Waals surface area contributed by atoms with Gasteiger partial charge in [-0.1, -0.05) is 30.3 Å². The first kappa shape index (κ1) is 14.8. The van der Waals surface area contributed by atoms with Crippen molar-refractivity contribution in [2.45, 2.75) is 25.3 Å². The number of carbonyl (C=O) groups is 1. The molecule has 0 unspecified atom stereocenters. The van der Waals surface area contributed by atoms with E-state index in [9.17, 15) is 4.79 Å². The van der Waals surface area contributed by atoms with Crippen molar-refractivity contribution in [1.82, 2.24) is 10.2 Å². The van der Waals surface area contributed by atoms with Crippen molar-refractivity contribution in [3.05, 3.63) is 47.3 Å². The Morgan fingerprint density at radius 1 is 1.36 bits per heavy atom. The highest BCUT2D eigenvalue weighted by atomic mass is 32.1. The smallest absolute Gasteiger partial charge is 0.231 e. The molecular weight excluding hydrogens is 294 g/mol. The van der Waals surface area contributed by atoms with E-state index in [1.165, 1.54) is 20.9 Å². The first-order valence-corrected chi connectivity index (χ1v) is 8.11. The van der Waals surface area contributed by atoms with E-state index in [2.05, 4.69) is 41.0 Å². The van der Waals surface area contributed by atoms with Crippen LogP contribution in [0.5, 0.6) is 0 Å². The second-order valence-corrected chi connectivity index (χ2v) is 6.97. The fourth-order valence-corrected chi connectivity index (χ4v) is 3.55. The molecule has 1 fully saturated rings. The zero-order chi connectivity index (χ0) is 15.7. The molecule has 2 N–H and O–H groups in total. The zero-order valence-corrected chi connectivity index (χ0v) is 13.5. The van der Waals surface area contributed by atoms with Crippen molar-refractivity contribution in [3.63, 3.8) is 0 Å². The van der Waals surface area contributed by atoms with E-state index in [0.717, 1.165) is 0 Å². The summed E-state index contributed by atoms with van der Waals surface area (Å²) in [5.74, 6) is 0.161. The van der Waals surface area contributed by atoms with E-state index in [0.29, 0.717) is 12.8 Å². The Balaban J connectivity index is 1.82. The molecule has 1 atom stereocenters. The Bertz CT molecular complexity index is 690. The first-order chi connectivity index (χ1) is 10.5. The van der Waals surface area contributed by atoms with Gasteiger partial charge in [0, 0.05) is 11.9 Å². The maximum atomic E-state index is 12.0. The Hall–Kier alpha value is -2.14. The van der Waals surface area contributed by atoms with Gasteiger partial charge >= 0.3 is 0 Å². The molecule has 1 aromatic heterocycles. The monoisotopic (exact) mass is 313 g/mol. The summed E-state index contributed by atoms with van der Waals surface area (Å²) < 4.78 is 0. The highest BCUT2D eigenvalue weighted by Gasteiger charge is 2.36. The Labute approximate surface area is 134 Å². The highest BCUT2D eigenvalue weighted by Crippen LogP contribution is 2.28. The third-order valence-electron chi connectivity index (χ3n) is 4.00. The van der Waals surface area contributed by atoms with Crippen LogP contribution >= 0.6 is 11.3 Å². The summed E-state index contributed by atoms with van der Waals surface area (Å²) in [6.07, 6.45) is 1.11. The van der Waals surface area contributed by atoms with Crippen LogP contribution in [0.4, 0.5) is 0 Å². The van der Waals surface area contributed by atoms with E-state index >= 15 is 0 Å². The minimum Gasteiger partial charge on any atom is -0.350 e. The van der Waals surface area contributed by atoms with Crippen LogP contribution in [0.3, 0.4) is 0 Å². The topological polar surface area (TPSA) is 56.2 Å². The first-order valence-electron chi connectivity index (χ1n) is 7.23. The molecule has 1 saturated heterocycles. The standard InChI is InChI=1S/C17H19N3OS/c1-17(11-15(21)20(2)16(18)19-17)10-12-5-3-6-13(9-12)14-7-4-8-22-14/h3-9H,10-11H2,1-2H3,(H2,18,19)/t17-/m1/s1. The lowest BCUT2D eigenvalue weighted by Gasteiger charge is -2.39. The predicted molar refractivity (Wildman–Crippen MR) is 90.1 cm³/mol. The Morgan fingerprint density at radius 3 is 2.86 bits per heavy atom. The summed E-state index contributed by atoms with van der Waals surface area (Å²) in [6, 6.07) is 12.6. The number of carbonyl (C=O) groups excluding carboxylic acids is 1. The van der Waals surface area contributed by atoms with Gasteiger partial charge in [0.05, 0.1) is 12.0 Å². The van der Waals surface area contributed by atoms with Crippen LogP contribution < -0.4 is 5.32 Å². The van der Waals surface area contributed by atoms with Gasteiger partial charge in [-0.05, 0) is 35.9 Å². The second-order valence-electron chi connectivity index (χ2n) is 6.02. The number of guanidine groups is 1. The lowest BCUT2D eigenvalue weighted by atomic mass is 9.87. The average molecular weight is 313 g/mol. The van der Waals surface area contributed by atoms with Gasteiger partial charge in [0.2, 0.25) is 5.91 Å². The lowest BCUT2D eigenvalue weighted by Crippen LogP contribution is -2.60. The van der Waals surface area contributed by atoms with Crippen LogP contribution in [-0.2, 0) is 11.2 Å². The summed E-state index contributed by atoms with van der Waals surface area (Å²) >= 11 is 1.72. The summed E-state index contributed by atoms with van der Waals surface area (Å²) in [5, 5.41) is 13.1. The summed E-state index contributed by atoms with van der Waals surface area (Å²) in [6.45, 7) is 2.00. The van der Waals surface area contributed by atoms with Gasteiger partial charge < -0.3 is 5.32 Å². The zero-order valence-electron chi connectivity index (χ0n) is 12.7. The molecule has 4 nitrogen and oxygen atoms in total. The van der Waals surface area contributed by atoms with Gasteiger partial charge in [-0.15, -0.1) is 11.3 Å². The molecular formula is C17H19N3OS. The number of nitrogens with zero attached hydrogens (tertiary/aromatic N) is 1. The van der Waals surface area contributed by atoms with Crippen molar-refractivity contribution in [2.24, 2.45) is 0 Å². The Morgan fingerprint density at radius 2 is 2.18 bits per heavy atom. The van der Waals surface area contributed by atoms with E-state index in [4.69, 9.17) is 5.41 Å². The van der Waals surface area contributed by atoms with Crippen LogP contribution in [-0.4, -0.2) is 29.4 Å². The van der Waals surface area contributed by atoms with Gasteiger partial charge in [-0.3, -0.25) is 15.1 Å². The normalized spacial score (nSPS) is 21.8. The van der Waals surface area contributed by atoms with Crippen molar-refractivity contribution >= 4 is 23.2 Å². The van der Waals surface area contributed by atoms with Crippen molar-refractivity contribution in [2.75, 3.05) is 7.05 Å². The molecule has 1 aromatic carbocycles. The van der Waals surface area contributed by atoms with Gasteiger partial charge in [0.25, 0.3) is 0 Å². The lowest BCUT2D eigenvalue weighted by molar-refractivity contribution is -0.129.